The van der Waals surface area contributed by atoms with E-state index in [0.717, 1.165) is 5.56 Å². The van der Waals surface area contributed by atoms with E-state index in [1.165, 1.54) is 0 Å². The van der Waals surface area contributed by atoms with Gasteiger partial charge < -0.3 is 15.2 Å². The molecule has 1 rings (SSSR count). The van der Waals surface area contributed by atoms with Crippen molar-refractivity contribution in [3.63, 3.8) is 0 Å². The maximum atomic E-state index is 12.1. The number of carbonyl (C=O) groups is 2. The molecule has 1 aromatic rings. The molecule has 0 saturated heterocycles. The van der Waals surface area contributed by atoms with E-state index < -0.39 is 23.2 Å². The molecule has 1 aromatic carbocycles. The number of methoxy groups -OCH3 is 1. The number of ether oxygens (including phenoxy) is 1. The zero-order valence-electron chi connectivity index (χ0n) is 12.3. The fourth-order valence-corrected chi connectivity index (χ4v) is 2.01. The van der Waals surface area contributed by atoms with Crippen molar-refractivity contribution in [2.45, 2.75) is 27.3 Å². The Morgan fingerprint density at radius 2 is 1.90 bits per heavy atom. The second-order valence-electron chi connectivity index (χ2n) is 5.67. The van der Waals surface area contributed by atoms with Crippen molar-refractivity contribution < 1.29 is 19.4 Å². The average Bonchev–Trinajstić information content (AvgIpc) is 2.34. The Morgan fingerprint density at radius 1 is 1.30 bits per heavy atom. The van der Waals surface area contributed by atoms with Gasteiger partial charge in [-0.15, -0.1) is 0 Å². The highest BCUT2D eigenvalue weighted by Gasteiger charge is 2.37. The number of hydrogen-bond acceptors (Lipinski definition) is 3. The second kappa shape index (κ2) is 6.41. The van der Waals surface area contributed by atoms with Crippen LogP contribution in [0.1, 0.15) is 26.3 Å². The van der Waals surface area contributed by atoms with Gasteiger partial charge in [-0.1, -0.05) is 39.0 Å². The Hall–Kier alpha value is -2.04. The van der Waals surface area contributed by atoms with Gasteiger partial charge in [0.25, 0.3) is 0 Å². The molecule has 20 heavy (non-hydrogen) atoms. The van der Waals surface area contributed by atoms with Crippen molar-refractivity contribution in [2.24, 2.45) is 11.3 Å². The second-order valence-corrected chi connectivity index (χ2v) is 5.67. The number of hydrogen-bond donors (Lipinski definition) is 2. The van der Waals surface area contributed by atoms with Crippen LogP contribution in [0.3, 0.4) is 0 Å². The molecule has 1 amide bonds. The Labute approximate surface area is 118 Å². The molecule has 1 atom stereocenters. The largest absolute Gasteiger partial charge is 0.496 e. The summed E-state index contributed by atoms with van der Waals surface area (Å²) in [4.78, 5) is 23.3. The molecule has 0 heterocycles. The molecule has 0 aromatic heterocycles. The molecule has 110 valence electrons. The van der Waals surface area contributed by atoms with E-state index in [2.05, 4.69) is 5.32 Å². The third kappa shape index (κ3) is 3.98. The van der Waals surface area contributed by atoms with Crippen molar-refractivity contribution in [1.29, 1.82) is 0 Å². The molecule has 0 aliphatic heterocycles. The number of carbonyl (C=O) groups excluding carboxylic acids is 1. The van der Waals surface area contributed by atoms with Crippen LogP contribution in [0.15, 0.2) is 24.3 Å². The number of amides is 1. The van der Waals surface area contributed by atoms with Gasteiger partial charge in [-0.2, -0.15) is 0 Å². The fourth-order valence-electron chi connectivity index (χ4n) is 2.01. The summed E-state index contributed by atoms with van der Waals surface area (Å²) in [5.41, 5.74) is 0.165. The lowest BCUT2D eigenvalue weighted by Gasteiger charge is -2.26. The Kier molecular flexibility index (Phi) is 5.13. The molecular formula is C15H21NO4. The lowest BCUT2D eigenvalue weighted by Crippen LogP contribution is -2.42. The Bertz CT molecular complexity index is 491. The standard InChI is InChI=1S/C15H21NO4/c1-15(2,3)12(14(18)19)13(17)16-9-10-7-5-6-8-11(10)20-4/h5-8,12H,9H2,1-4H3,(H,16,17)(H,18,19). The fraction of sp³-hybridized carbons (Fsp3) is 0.467. The third-order valence-electron chi connectivity index (χ3n) is 3.02. The van der Waals surface area contributed by atoms with Gasteiger partial charge in [0, 0.05) is 12.1 Å². The molecule has 0 saturated carbocycles. The highest BCUT2D eigenvalue weighted by Crippen LogP contribution is 2.26. The number of para-hydroxylation sites is 1. The van der Waals surface area contributed by atoms with E-state index in [9.17, 15) is 14.7 Å². The number of benzene rings is 1. The van der Waals surface area contributed by atoms with Crippen LogP contribution in [0.5, 0.6) is 5.75 Å². The molecule has 0 fully saturated rings. The smallest absolute Gasteiger partial charge is 0.316 e. The minimum atomic E-state index is -1.12. The van der Waals surface area contributed by atoms with E-state index in [0.29, 0.717) is 5.75 Å². The average molecular weight is 279 g/mol. The van der Waals surface area contributed by atoms with Gasteiger partial charge >= 0.3 is 5.97 Å². The highest BCUT2D eigenvalue weighted by atomic mass is 16.5. The first-order chi connectivity index (χ1) is 9.27. The van der Waals surface area contributed by atoms with Gasteiger partial charge in [-0.25, -0.2) is 0 Å². The van der Waals surface area contributed by atoms with Crippen LogP contribution in [0.4, 0.5) is 0 Å². The van der Waals surface area contributed by atoms with E-state index >= 15 is 0 Å². The summed E-state index contributed by atoms with van der Waals surface area (Å²) in [6.45, 7) is 5.43. The molecular weight excluding hydrogens is 258 g/mol. The summed E-state index contributed by atoms with van der Waals surface area (Å²) < 4.78 is 5.19. The summed E-state index contributed by atoms with van der Waals surface area (Å²) in [6, 6.07) is 7.29. The Morgan fingerprint density at radius 3 is 2.40 bits per heavy atom. The lowest BCUT2D eigenvalue weighted by molar-refractivity contribution is -0.151. The van der Waals surface area contributed by atoms with Crippen molar-refractivity contribution in [1.82, 2.24) is 5.32 Å². The minimum Gasteiger partial charge on any atom is -0.496 e. The van der Waals surface area contributed by atoms with Crippen LogP contribution in [-0.2, 0) is 16.1 Å². The molecule has 0 bridgehead atoms. The maximum absolute atomic E-state index is 12.1. The maximum Gasteiger partial charge on any atom is 0.316 e. The van der Waals surface area contributed by atoms with E-state index in [1.54, 1.807) is 33.9 Å². The summed E-state index contributed by atoms with van der Waals surface area (Å²) in [6.07, 6.45) is 0. The predicted molar refractivity (Wildman–Crippen MR) is 75.4 cm³/mol. The van der Waals surface area contributed by atoms with Crippen LogP contribution in [0.2, 0.25) is 0 Å². The minimum absolute atomic E-state index is 0.239. The molecule has 5 nitrogen and oxygen atoms in total. The van der Waals surface area contributed by atoms with Gasteiger partial charge in [0.05, 0.1) is 7.11 Å². The summed E-state index contributed by atoms with van der Waals surface area (Å²) in [5, 5.41) is 11.9. The van der Waals surface area contributed by atoms with Crippen LogP contribution in [-0.4, -0.2) is 24.1 Å². The number of aliphatic carboxylic acids is 1. The predicted octanol–water partition coefficient (Wildman–Crippen LogP) is 2.06. The zero-order chi connectivity index (χ0) is 15.3. The number of rotatable bonds is 5. The van der Waals surface area contributed by atoms with Gasteiger partial charge in [0.15, 0.2) is 0 Å². The van der Waals surface area contributed by atoms with Crippen molar-refractivity contribution in [2.75, 3.05) is 7.11 Å². The third-order valence-corrected chi connectivity index (χ3v) is 3.02. The first-order valence-electron chi connectivity index (χ1n) is 6.39. The number of nitrogens with one attached hydrogen (secondary N) is 1. The molecule has 0 aliphatic rings. The van der Waals surface area contributed by atoms with E-state index in [4.69, 9.17) is 4.74 Å². The van der Waals surface area contributed by atoms with Crippen LogP contribution < -0.4 is 10.1 Å². The first-order valence-corrected chi connectivity index (χ1v) is 6.39. The SMILES string of the molecule is COc1ccccc1CNC(=O)C(C(=O)O)C(C)(C)C. The summed E-state index contributed by atoms with van der Waals surface area (Å²) in [5.74, 6) is -2.03. The molecule has 0 aliphatic carbocycles. The van der Waals surface area contributed by atoms with E-state index in [-0.39, 0.29) is 6.54 Å². The van der Waals surface area contributed by atoms with Crippen LogP contribution in [0.25, 0.3) is 0 Å². The quantitative estimate of drug-likeness (QED) is 0.809. The summed E-state index contributed by atoms with van der Waals surface area (Å²) in [7, 11) is 1.55. The lowest BCUT2D eigenvalue weighted by atomic mass is 9.80. The molecule has 0 radical (unpaired) electrons. The molecule has 2 N–H and O–H groups in total. The number of carboxylic acids is 1. The first kappa shape index (κ1) is 16.0. The summed E-state index contributed by atoms with van der Waals surface area (Å²) >= 11 is 0. The monoisotopic (exact) mass is 279 g/mol. The van der Waals surface area contributed by atoms with Crippen LogP contribution in [0, 0.1) is 11.3 Å². The van der Waals surface area contributed by atoms with Crippen LogP contribution >= 0.6 is 0 Å². The van der Waals surface area contributed by atoms with Gasteiger partial charge in [0.1, 0.15) is 11.7 Å². The number of carboxylic acid groups (broad SMARTS) is 1. The molecule has 1 unspecified atom stereocenters. The van der Waals surface area contributed by atoms with Crippen molar-refractivity contribution in [3.05, 3.63) is 29.8 Å². The van der Waals surface area contributed by atoms with Crippen molar-refractivity contribution >= 4 is 11.9 Å². The van der Waals surface area contributed by atoms with E-state index in [1.807, 2.05) is 18.2 Å². The molecule has 5 heteroatoms. The van der Waals surface area contributed by atoms with Gasteiger partial charge in [0.2, 0.25) is 5.91 Å². The zero-order valence-corrected chi connectivity index (χ0v) is 12.3. The van der Waals surface area contributed by atoms with Crippen molar-refractivity contribution in [3.8, 4) is 5.75 Å². The normalized spacial score (nSPS) is 12.6. The molecule has 0 spiro atoms. The van der Waals surface area contributed by atoms with Gasteiger partial charge in [-0.3, -0.25) is 9.59 Å². The highest BCUT2D eigenvalue weighted by molar-refractivity contribution is 5.97. The Balaban J connectivity index is 2.78. The van der Waals surface area contributed by atoms with Gasteiger partial charge in [-0.05, 0) is 11.5 Å². The topological polar surface area (TPSA) is 75.6 Å².